The molecule has 0 saturated heterocycles. The summed E-state index contributed by atoms with van der Waals surface area (Å²) in [4.78, 5) is 13.2. The van der Waals surface area contributed by atoms with Crippen molar-refractivity contribution in [2.45, 2.75) is 25.9 Å². The van der Waals surface area contributed by atoms with Crippen molar-refractivity contribution in [3.8, 4) is 0 Å². The molecule has 1 amide bonds. The number of hydrogen-bond acceptors (Lipinski definition) is 2. The SMILES string of the molecule is CC(C(N)=O)N1CCc2cc(Cl)ccc2C1. The van der Waals surface area contributed by atoms with Crippen molar-refractivity contribution in [2.24, 2.45) is 5.73 Å². The number of hydrogen-bond donors (Lipinski definition) is 1. The Labute approximate surface area is 100 Å². The summed E-state index contributed by atoms with van der Waals surface area (Å²) in [7, 11) is 0. The number of carbonyl (C=O) groups excluding carboxylic acids is 1. The number of rotatable bonds is 2. The normalized spacial score (nSPS) is 17.9. The van der Waals surface area contributed by atoms with Crippen molar-refractivity contribution in [1.82, 2.24) is 4.90 Å². The second-order valence-corrected chi connectivity index (χ2v) is 4.65. The van der Waals surface area contributed by atoms with E-state index in [4.69, 9.17) is 17.3 Å². The standard InChI is InChI=1S/C12H15ClN2O/c1-8(12(14)16)15-5-4-9-6-11(13)3-2-10(9)7-15/h2-3,6,8H,4-5,7H2,1H3,(H2,14,16). The Morgan fingerprint density at radius 3 is 2.94 bits per heavy atom. The molecule has 2 N–H and O–H groups in total. The van der Waals surface area contributed by atoms with Crippen LogP contribution in [0.4, 0.5) is 0 Å². The van der Waals surface area contributed by atoms with Gasteiger partial charge in [0.2, 0.25) is 5.91 Å². The van der Waals surface area contributed by atoms with Crippen molar-refractivity contribution in [3.05, 3.63) is 34.3 Å². The fourth-order valence-corrected chi connectivity index (χ4v) is 2.25. The highest BCUT2D eigenvalue weighted by Gasteiger charge is 2.23. The number of amides is 1. The summed E-state index contributed by atoms with van der Waals surface area (Å²) in [5.41, 5.74) is 7.83. The molecular weight excluding hydrogens is 224 g/mol. The van der Waals surface area contributed by atoms with E-state index in [-0.39, 0.29) is 11.9 Å². The van der Waals surface area contributed by atoms with E-state index in [1.807, 2.05) is 25.1 Å². The van der Waals surface area contributed by atoms with Crippen LogP contribution in [0.25, 0.3) is 0 Å². The van der Waals surface area contributed by atoms with E-state index in [0.717, 1.165) is 24.5 Å². The van der Waals surface area contributed by atoms with Gasteiger partial charge in [-0.15, -0.1) is 0 Å². The molecule has 0 aliphatic carbocycles. The first-order valence-electron chi connectivity index (χ1n) is 5.38. The molecule has 1 aromatic carbocycles. The van der Waals surface area contributed by atoms with E-state index in [0.29, 0.717) is 0 Å². The maximum Gasteiger partial charge on any atom is 0.234 e. The van der Waals surface area contributed by atoms with Gasteiger partial charge in [-0.3, -0.25) is 9.69 Å². The number of nitrogens with two attached hydrogens (primary N) is 1. The Bertz CT molecular complexity index is 419. The third kappa shape index (κ3) is 2.20. The first kappa shape index (κ1) is 11.4. The fourth-order valence-electron chi connectivity index (χ4n) is 2.05. The molecule has 2 rings (SSSR count). The number of fused-ring (bicyclic) bond motifs is 1. The second kappa shape index (κ2) is 4.44. The van der Waals surface area contributed by atoms with Gasteiger partial charge in [0.05, 0.1) is 6.04 Å². The maximum absolute atomic E-state index is 11.1. The molecule has 86 valence electrons. The molecule has 0 fully saturated rings. The predicted molar refractivity (Wildman–Crippen MR) is 64.2 cm³/mol. The maximum atomic E-state index is 11.1. The number of halogens is 1. The summed E-state index contributed by atoms with van der Waals surface area (Å²) in [6.45, 7) is 3.48. The zero-order valence-electron chi connectivity index (χ0n) is 9.24. The molecule has 1 aliphatic rings. The minimum absolute atomic E-state index is 0.205. The van der Waals surface area contributed by atoms with Crippen LogP contribution >= 0.6 is 11.6 Å². The van der Waals surface area contributed by atoms with Gasteiger partial charge in [-0.25, -0.2) is 0 Å². The Kier molecular flexibility index (Phi) is 3.17. The van der Waals surface area contributed by atoms with Gasteiger partial charge in [-0.05, 0) is 36.6 Å². The van der Waals surface area contributed by atoms with Crippen molar-refractivity contribution >= 4 is 17.5 Å². The molecule has 1 aliphatic heterocycles. The lowest BCUT2D eigenvalue weighted by Crippen LogP contribution is -2.45. The van der Waals surface area contributed by atoms with E-state index < -0.39 is 0 Å². The predicted octanol–water partition coefficient (Wildman–Crippen LogP) is 1.57. The third-order valence-corrected chi connectivity index (χ3v) is 3.40. The van der Waals surface area contributed by atoms with E-state index >= 15 is 0 Å². The Balaban J connectivity index is 2.18. The molecule has 3 nitrogen and oxygen atoms in total. The molecule has 0 spiro atoms. The Hall–Kier alpha value is -1.06. The van der Waals surface area contributed by atoms with Gasteiger partial charge < -0.3 is 5.73 Å². The lowest BCUT2D eigenvalue weighted by Gasteiger charge is -2.32. The number of primary amides is 1. The van der Waals surface area contributed by atoms with Crippen LogP contribution in [-0.4, -0.2) is 23.4 Å². The van der Waals surface area contributed by atoms with Gasteiger partial charge in [0.1, 0.15) is 0 Å². The Morgan fingerprint density at radius 1 is 1.50 bits per heavy atom. The van der Waals surface area contributed by atoms with E-state index in [9.17, 15) is 4.79 Å². The van der Waals surface area contributed by atoms with Crippen molar-refractivity contribution < 1.29 is 4.79 Å². The monoisotopic (exact) mass is 238 g/mol. The number of benzene rings is 1. The Morgan fingerprint density at radius 2 is 2.25 bits per heavy atom. The average Bonchev–Trinajstić information content (AvgIpc) is 2.27. The summed E-state index contributed by atoms with van der Waals surface area (Å²) in [6.07, 6.45) is 0.924. The third-order valence-electron chi connectivity index (χ3n) is 3.17. The van der Waals surface area contributed by atoms with Crippen LogP contribution < -0.4 is 5.73 Å². The van der Waals surface area contributed by atoms with E-state index in [1.54, 1.807) is 0 Å². The largest absolute Gasteiger partial charge is 0.368 e. The van der Waals surface area contributed by atoms with E-state index in [2.05, 4.69) is 4.90 Å². The lowest BCUT2D eigenvalue weighted by atomic mass is 9.99. The molecule has 0 aromatic heterocycles. The van der Waals surface area contributed by atoms with Crippen molar-refractivity contribution in [3.63, 3.8) is 0 Å². The smallest absolute Gasteiger partial charge is 0.234 e. The van der Waals surface area contributed by atoms with Gasteiger partial charge in [0, 0.05) is 18.1 Å². The summed E-state index contributed by atoms with van der Waals surface area (Å²) in [6, 6.07) is 5.71. The molecule has 1 heterocycles. The van der Waals surface area contributed by atoms with Gasteiger partial charge >= 0.3 is 0 Å². The molecule has 0 radical (unpaired) electrons. The number of carbonyl (C=O) groups is 1. The summed E-state index contributed by atoms with van der Waals surface area (Å²) in [5, 5.41) is 0.773. The first-order valence-corrected chi connectivity index (χ1v) is 5.76. The first-order chi connectivity index (χ1) is 7.58. The number of nitrogens with zero attached hydrogens (tertiary/aromatic N) is 1. The van der Waals surface area contributed by atoms with Crippen LogP contribution in [0.3, 0.4) is 0 Å². The molecule has 16 heavy (non-hydrogen) atoms. The van der Waals surface area contributed by atoms with Crippen LogP contribution in [0.2, 0.25) is 5.02 Å². The van der Waals surface area contributed by atoms with Gasteiger partial charge in [-0.2, -0.15) is 0 Å². The topological polar surface area (TPSA) is 46.3 Å². The average molecular weight is 239 g/mol. The summed E-state index contributed by atoms with van der Waals surface area (Å²) >= 11 is 5.94. The zero-order valence-corrected chi connectivity index (χ0v) is 10.00. The van der Waals surface area contributed by atoms with Gasteiger partial charge in [0.15, 0.2) is 0 Å². The van der Waals surface area contributed by atoms with Crippen molar-refractivity contribution in [2.75, 3.05) is 6.54 Å². The van der Waals surface area contributed by atoms with Crippen LogP contribution in [0.5, 0.6) is 0 Å². The van der Waals surface area contributed by atoms with E-state index in [1.165, 1.54) is 11.1 Å². The highest BCUT2D eigenvalue weighted by atomic mass is 35.5. The molecule has 1 atom stereocenters. The minimum atomic E-state index is -0.266. The second-order valence-electron chi connectivity index (χ2n) is 4.21. The van der Waals surface area contributed by atoms with Crippen LogP contribution in [0.15, 0.2) is 18.2 Å². The lowest BCUT2D eigenvalue weighted by molar-refractivity contribution is -0.123. The molecule has 0 bridgehead atoms. The summed E-state index contributed by atoms with van der Waals surface area (Å²) in [5.74, 6) is -0.266. The van der Waals surface area contributed by atoms with Gasteiger partial charge in [-0.1, -0.05) is 17.7 Å². The highest BCUT2D eigenvalue weighted by molar-refractivity contribution is 6.30. The molecule has 1 aromatic rings. The van der Waals surface area contributed by atoms with Crippen LogP contribution in [0, 0.1) is 0 Å². The van der Waals surface area contributed by atoms with Crippen molar-refractivity contribution in [1.29, 1.82) is 0 Å². The molecule has 1 unspecified atom stereocenters. The van der Waals surface area contributed by atoms with Gasteiger partial charge in [0.25, 0.3) is 0 Å². The highest BCUT2D eigenvalue weighted by Crippen LogP contribution is 2.23. The quantitative estimate of drug-likeness (QED) is 0.850. The minimum Gasteiger partial charge on any atom is -0.368 e. The molecule has 4 heteroatoms. The fraction of sp³-hybridized carbons (Fsp3) is 0.417. The van der Waals surface area contributed by atoms with Crippen LogP contribution in [0.1, 0.15) is 18.1 Å². The van der Waals surface area contributed by atoms with Crippen LogP contribution in [-0.2, 0) is 17.8 Å². The molecule has 0 saturated carbocycles. The summed E-state index contributed by atoms with van der Waals surface area (Å²) < 4.78 is 0. The molecular formula is C12H15ClN2O. The zero-order chi connectivity index (χ0) is 11.7.